The van der Waals surface area contributed by atoms with E-state index in [1.165, 1.54) is 12.1 Å². The highest BCUT2D eigenvalue weighted by molar-refractivity contribution is 6.30. The van der Waals surface area contributed by atoms with Crippen LogP contribution in [0.1, 0.15) is 21.6 Å². The molecular weight excluding hydrogens is 331 g/mol. The molecule has 0 unspecified atom stereocenters. The molecule has 0 saturated carbocycles. The van der Waals surface area contributed by atoms with Gasteiger partial charge in [-0.1, -0.05) is 41.0 Å². The molecule has 6 heteroatoms. The summed E-state index contributed by atoms with van der Waals surface area (Å²) in [6.45, 7) is 2.01. The van der Waals surface area contributed by atoms with Gasteiger partial charge in [-0.2, -0.15) is 0 Å². The molecule has 2 aromatic carbocycles. The van der Waals surface area contributed by atoms with E-state index in [0.717, 1.165) is 5.56 Å². The number of nitrogens with zero attached hydrogens (tertiary/aromatic N) is 1. The SMILES string of the molecule is Cc1noc(-c2cccc(F)c2)c1C(=O)NCc1ccc(Cl)cc1. The number of hydrogen-bond acceptors (Lipinski definition) is 3. The molecule has 0 radical (unpaired) electrons. The van der Waals surface area contributed by atoms with Gasteiger partial charge in [0, 0.05) is 17.1 Å². The van der Waals surface area contributed by atoms with Crippen LogP contribution in [-0.2, 0) is 6.54 Å². The van der Waals surface area contributed by atoms with Gasteiger partial charge in [-0.15, -0.1) is 0 Å². The monoisotopic (exact) mass is 344 g/mol. The van der Waals surface area contributed by atoms with Gasteiger partial charge in [-0.05, 0) is 36.8 Å². The van der Waals surface area contributed by atoms with Crippen LogP contribution < -0.4 is 5.32 Å². The molecule has 24 heavy (non-hydrogen) atoms. The average molecular weight is 345 g/mol. The van der Waals surface area contributed by atoms with Crippen LogP contribution in [-0.4, -0.2) is 11.1 Å². The van der Waals surface area contributed by atoms with Crippen molar-refractivity contribution < 1.29 is 13.7 Å². The third kappa shape index (κ3) is 3.46. The van der Waals surface area contributed by atoms with Crippen molar-refractivity contribution in [3.8, 4) is 11.3 Å². The summed E-state index contributed by atoms with van der Waals surface area (Å²) in [7, 11) is 0. The first-order chi connectivity index (χ1) is 11.5. The number of carbonyl (C=O) groups excluding carboxylic acids is 1. The van der Waals surface area contributed by atoms with Gasteiger partial charge in [-0.25, -0.2) is 4.39 Å². The van der Waals surface area contributed by atoms with Gasteiger partial charge in [0.2, 0.25) is 0 Å². The van der Waals surface area contributed by atoms with Crippen molar-refractivity contribution in [1.82, 2.24) is 10.5 Å². The summed E-state index contributed by atoms with van der Waals surface area (Å²) in [5.41, 5.74) is 2.12. The van der Waals surface area contributed by atoms with Crippen molar-refractivity contribution in [2.24, 2.45) is 0 Å². The summed E-state index contributed by atoms with van der Waals surface area (Å²) in [6, 6.07) is 13.0. The minimum absolute atomic E-state index is 0.251. The van der Waals surface area contributed by atoms with Crippen molar-refractivity contribution in [2.45, 2.75) is 13.5 Å². The lowest BCUT2D eigenvalue weighted by Gasteiger charge is -2.06. The Labute approximate surface area is 143 Å². The Balaban J connectivity index is 1.82. The highest BCUT2D eigenvalue weighted by atomic mass is 35.5. The summed E-state index contributed by atoms with van der Waals surface area (Å²) >= 11 is 5.84. The highest BCUT2D eigenvalue weighted by Crippen LogP contribution is 2.26. The van der Waals surface area contributed by atoms with Crippen LogP contribution in [0.25, 0.3) is 11.3 Å². The highest BCUT2D eigenvalue weighted by Gasteiger charge is 2.21. The molecule has 0 fully saturated rings. The second kappa shape index (κ2) is 6.84. The molecule has 4 nitrogen and oxygen atoms in total. The summed E-state index contributed by atoms with van der Waals surface area (Å²) < 4.78 is 18.7. The lowest BCUT2D eigenvalue weighted by molar-refractivity contribution is 0.0950. The Kier molecular flexibility index (Phi) is 4.62. The Bertz CT molecular complexity index is 875. The van der Waals surface area contributed by atoms with Gasteiger partial charge in [0.1, 0.15) is 11.4 Å². The van der Waals surface area contributed by atoms with Crippen molar-refractivity contribution in [3.63, 3.8) is 0 Å². The molecule has 122 valence electrons. The zero-order valence-corrected chi connectivity index (χ0v) is 13.6. The van der Waals surface area contributed by atoms with E-state index in [-0.39, 0.29) is 11.7 Å². The lowest BCUT2D eigenvalue weighted by atomic mass is 10.1. The average Bonchev–Trinajstić information content (AvgIpc) is 2.96. The Morgan fingerprint density at radius 2 is 2.00 bits per heavy atom. The number of aromatic nitrogens is 1. The number of rotatable bonds is 4. The number of halogens is 2. The minimum atomic E-state index is -0.408. The van der Waals surface area contributed by atoms with Crippen LogP contribution in [0.3, 0.4) is 0 Å². The normalized spacial score (nSPS) is 10.6. The van der Waals surface area contributed by atoms with E-state index >= 15 is 0 Å². The number of hydrogen-bond donors (Lipinski definition) is 1. The van der Waals surface area contributed by atoms with E-state index in [0.29, 0.717) is 28.4 Å². The number of benzene rings is 2. The smallest absolute Gasteiger partial charge is 0.257 e. The van der Waals surface area contributed by atoms with Crippen LogP contribution in [0.15, 0.2) is 53.1 Å². The van der Waals surface area contributed by atoms with E-state index < -0.39 is 5.82 Å². The van der Waals surface area contributed by atoms with Crippen LogP contribution in [0.2, 0.25) is 5.02 Å². The van der Waals surface area contributed by atoms with Crippen molar-refractivity contribution in [3.05, 3.63) is 76.2 Å². The Morgan fingerprint density at radius 1 is 1.25 bits per heavy atom. The molecule has 0 bridgehead atoms. The number of amides is 1. The standard InChI is InChI=1S/C18H14ClFN2O2/c1-11-16(17(24-22-11)13-3-2-4-15(20)9-13)18(23)21-10-12-5-7-14(19)8-6-12/h2-9H,10H2,1H3,(H,21,23). The Hall–Kier alpha value is -2.66. The topological polar surface area (TPSA) is 55.1 Å². The van der Waals surface area contributed by atoms with Crippen LogP contribution in [0.4, 0.5) is 4.39 Å². The summed E-state index contributed by atoms with van der Waals surface area (Å²) in [6.07, 6.45) is 0. The van der Waals surface area contributed by atoms with E-state index in [2.05, 4.69) is 10.5 Å². The molecule has 1 aromatic heterocycles. The van der Waals surface area contributed by atoms with Crippen LogP contribution in [0, 0.1) is 12.7 Å². The molecule has 3 rings (SSSR count). The zero-order chi connectivity index (χ0) is 17.1. The van der Waals surface area contributed by atoms with Gasteiger partial charge in [0.05, 0.1) is 5.69 Å². The van der Waals surface area contributed by atoms with Crippen LogP contribution >= 0.6 is 11.6 Å². The first-order valence-corrected chi connectivity index (χ1v) is 7.67. The van der Waals surface area contributed by atoms with Gasteiger partial charge >= 0.3 is 0 Å². The third-order valence-corrected chi connectivity index (χ3v) is 3.79. The fourth-order valence-corrected chi connectivity index (χ4v) is 2.46. The van der Waals surface area contributed by atoms with Gasteiger partial charge < -0.3 is 9.84 Å². The summed E-state index contributed by atoms with van der Waals surface area (Å²) in [4.78, 5) is 12.5. The maximum absolute atomic E-state index is 13.4. The molecule has 3 aromatic rings. The number of aryl methyl sites for hydroxylation is 1. The van der Waals surface area contributed by atoms with E-state index in [9.17, 15) is 9.18 Å². The largest absolute Gasteiger partial charge is 0.355 e. The molecule has 0 aliphatic heterocycles. The van der Waals surface area contributed by atoms with Crippen LogP contribution in [0.5, 0.6) is 0 Å². The second-order valence-electron chi connectivity index (χ2n) is 5.29. The quantitative estimate of drug-likeness (QED) is 0.764. The zero-order valence-electron chi connectivity index (χ0n) is 12.8. The molecule has 0 aliphatic rings. The van der Waals surface area contributed by atoms with E-state index in [1.54, 1.807) is 31.2 Å². The Morgan fingerprint density at radius 3 is 2.71 bits per heavy atom. The minimum Gasteiger partial charge on any atom is -0.355 e. The van der Waals surface area contributed by atoms with E-state index in [4.69, 9.17) is 16.1 Å². The van der Waals surface area contributed by atoms with Gasteiger partial charge in [0.15, 0.2) is 5.76 Å². The molecule has 1 heterocycles. The molecule has 0 aliphatic carbocycles. The molecule has 1 amide bonds. The number of nitrogens with one attached hydrogen (secondary N) is 1. The second-order valence-corrected chi connectivity index (χ2v) is 5.73. The van der Waals surface area contributed by atoms with Crippen molar-refractivity contribution in [2.75, 3.05) is 0 Å². The summed E-state index contributed by atoms with van der Waals surface area (Å²) in [5, 5.41) is 7.28. The van der Waals surface area contributed by atoms with Crippen molar-refractivity contribution >= 4 is 17.5 Å². The maximum atomic E-state index is 13.4. The first-order valence-electron chi connectivity index (χ1n) is 7.29. The fourth-order valence-electron chi connectivity index (χ4n) is 2.34. The molecule has 0 atom stereocenters. The maximum Gasteiger partial charge on any atom is 0.257 e. The predicted molar refractivity (Wildman–Crippen MR) is 89.3 cm³/mol. The molecule has 1 N–H and O–H groups in total. The number of carbonyl (C=O) groups is 1. The first kappa shape index (κ1) is 16.2. The molecular formula is C18H14ClFN2O2. The summed E-state index contributed by atoms with van der Waals surface area (Å²) in [5.74, 6) is -0.488. The predicted octanol–water partition coefficient (Wildman–Crippen LogP) is 4.37. The van der Waals surface area contributed by atoms with E-state index in [1.807, 2.05) is 12.1 Å². The third-order valence-electron chi connectivity index (χ3n) is 3.54. The molecule has 0 saturated heterocycles. The molecule has 0 spiro atoms. The van der Waals surface area contributed by atoms with Gasteiger partial charge in [0.25, 0.3) is 5.91 Å². The van der Waals surface area contributed by atoms with Gasteiger partial charge in [-0.3, -0.25) is 4.79 Å². The fraction of sp³-hybridized carbons (Fsp3) is 0.111. The lowest BCUT2D eigenvalue weighted by Crippen LogP contribution is -2.23. The van der Waals surface area contributed by atoms with Crippen molar-refractivity contribution in [1.29, 1.82) is 0 Å².